The maximum absolute atomic E-state index is 12.3. The molecule has 6 nitrogen and oxygen atoms in total. The lowest BCUT2D eigenvalue weighted by Crippen LogP contribution is -2.44. The smallest absolute Gasteiger partial charge is 0.355 e. The lowest BCUT2D eigenvalue weighted by atomic mass is 10.2. The van der Waals surface area contributed by atoms with E-state index in [4.69, 9.17) is 4.74 Å². The Bertz CT molecular complexity index is 723. The molecular weight excluding hydrogens is 318 g/mol. The van der Waals surface area contributed by atoms with Gasteiger partial charge < -0.3 is 15.0 Å². The van der Waals surface area contributed by atoms with Gasteiger partial charge in [0.05, 0.1) is 5.69 Å². The van der Waals surface area contributed by atoms with Crippen LogP contribution in [0.2, 0.25) is 0 Å². The third-order valence-corrected chi connectivity index (χ3v) is 3.51. The molecule has 0 atom stereocenters. The molecule has 0 aliphatic rings. The Labute approximate surface area is 147 Å². The lowest BCUT2D eigenvalue weighted by molar-refractivity contribution is 0.0466. The molecule has 1 aromatic carbocycles. The predicted octanol–water partition coefficient (Wildman–Crippen LogP) is 3.48. The largest absolute Gasteiger partial charge is 0.456 e. The van der Waals surface area contributed by atoms with Crippen molar-refractivity contribution in [2.24, 2.45) is 0 Å². The number of H-pyrrole nitrogens is 1. The number of anilines is 1. The average Bonchev–Trinajstić information content (AvgIpc) is 3.08. The van der Waals surface area contributed by atoms with E-state index in [1.165, 1.54) is 0 Å². The van der Waals surface area contributed by atoms with E-state index in [1.807, 2.05) is 44.2 Å². The summed E-state index contributed by atoms with van der Waals surface area (Å²) in [7, 11) is 0. The zero-order valence-electron chi connectivity index (χ0n) is 14.5. The van der Waals surface area contributed by atoms with Crippen LogP contribution in [0.5, 0.6) is 0 Å². The molecule has 0 aliphatic carbocycles. The first kappa shape index (κ1) is 18.3. The quantitative estimate of drug-likeness (QED) is 0.598. The fourth-order valence-corrected chi connectivity index (χ4v) is 2.34. The minimum atomic E-state index is -0.467. The van der Waals surface area contributed by atoms with Gasteiger partial charge in [-0.1, -0.05) is 36.4 Å². The second-order valence-electron chi connectivity index (χ2n) is 5.77. The first-order valence-corrected chi connectivity index (χ1v) is 8.10. The highest BCUT2D eigenvalue weighted by Gasteiger charge is 2.21. The van der Waals surface area contributed by atoms with Gasteiger partial charge in [0.25, 0.3) is 0 Å². The lowest BCUT2D eigenvalue weighted by Gasteiger charge is -2.25. The maximum Gasteiger partial charge on any atom is 0.355 e. The maximum atomic E-state index is 12.3. The van der Waals surface area contributed by atoms with Gasteiger partial charge in [0.15, 0.2) is 0 Å². The van der Waals surface area contributed by atoms with Crippen LogP contribution in [0.15, 0.2) is 55.3 Å². The molecule has 0 fully saturated rings. The average molecular weight is 341 g/mol. The van der Waals surface area contributed by atoms with Crippen molar-refractivity contribution in [1.29, 1.82) is 0 Å². The van der Waals surface area contributed by atoms with Gasteiger partial charge in [0, 0.05) is 18.8 Å². The molecule has 2 rings (SSSR count). The van der Waals surface area contributed by atoms with Crippen molar-refractivity contribution < 1.29 is 14.3 Å². The number of carbonyl (C=O) groups is 2. The van der Waals surface area contributed by atoms with Crippen LogP contribution >= 0.6 is 0 Å². The number of hydrogen-bond donors (Lipinski definition) is 2. The molecular formula is C19H23N3O3. The van der Waals surface area contributed by atoms with Crippen LogP contribution in [0.4, 0.5) is 10.5 Å². The molecule has 0 spiro atoms. The minimum absolute atomic E-state index is 0.0752. The SMILES string of the molecule is C=CCNC(=O)N(c1c[nH]c(C(=O)OCc2ccccc2)c1)C(C)C. The van der Waals surface area contributed by atoms with Gasteiger partial charge in [-0.25, -0.2) is 9.59 Å². The van der Waals surface area contributed by atoms with Gasteiger partial charge in [-0.05, 0) is 25.5 Å². The summed E-state index contributed by atoms with van der Waals surface area (Å²) in [5.41, 5.74) is 1.81. The zero-order chi connectivity index (χ0) is 18.2. The number of amides is 2. The van der Waals surface area contributed by atoms with Crippen molar-refractivity contribution in [1.82, 2.24) is 10.3 Å². The Balaban J connectivity index is 2.04. The number of hydrogen-bond acceptors (Lipinski definition) is 3. The molecule has 25 heavy (non-hydrogen) atoms. The standard InChI is InChI=1S/C19H23N3O3/c1-4-10-20-19(24)22(14(2)3)16-11-17(21-12-16)18(23)25-13-15-8-6-5-7-9-15/h4-9,11-12,14,21H,1,10,13H2,2-3H3,(H,20,24). The van der Waals surface area contributed by atoms with Gasteiger partial charge in [0.2, 0.25) is 0 Å². The molecule has 2 aromatic rings. The van der Waals surface area contributed by atoms with E-state index < -0.39 is 5.97 Å². The summed E-state index contributed by atoms with van der Waals surface area (Å²) in [4.78, 5) is 28.9. The number of ether oxygens (including phenoxy) is 1. The van der Waals surface area contributed by atoms with Gasteiger partial charge in [-0.15, -0.1) is 6.58 Å². The summed E-state index contributed by atoms with van der Waals surface area (Å²) in [6.07, 6.45) is 3.23. The molecule has 0 bridgehead atoms. The van der Waals surface area contributed by atoms with E-state index in [0.29, 0.717) is 17.9 Å². The van der Waals surface area contributed by atoms with Crippen LogP contribution in [-0.4, -0.2) is 29.6 Å². The summed E-state index contributed by atoms with van der Waals surface area (Å²) in [6.45, 7) is 7.94. The predicted molar refractivity (Wildman–Crippen MR) is 97.6 cm³/mol. The summed E-state index contributed by atoms with van der Waals surface area (Å²) in [5.74, 6) is -0.467. The summed E-state index contributed by atoms with van der Waals surface area (Å²) >= 11 is 0. The van der Waals surface area contributed by atoms with Gasteiger partial charge in [-0.3, -0.25) is 4.90 Å². The van der Waals surface area contributed by atoms with Gasteiger partial charge in [-0.2, -0.15) is 0 Å². The molecule has 1 aromatic heterocycles. The van der Waals surface area contributed by atoms with E-state index in [9.17, 15) is 9.59 Å². The highest BCUT2D eigenvalue weighted by molar-refractivity contribution is 5.95. The van der Waals surface area contributed by atoms with E-state index in [1.54, 1.807) is 23.2 Å². The van der Waals surface area contributed by atoms with Crippen molar-refractivity contribution in [2.45, 2.75) is 26.5 Å². The Kier molecular flexibility index (Phi) is 6.39. The van der Waals surface area contributed by atoms with Crippen LogP contribution in [0.3, 0.4) is 0 Å². The molecule has 1 heterocycles. The zero-order valence-corrected chi connectivity index (χ0v) is 14.5. The minimum Gasteiger partial charge on any atom is -0.456 e. The number of nitrogens with zero attached hydrogens (tertiary/aromatic N) is 1. The molecule has 0 aliphatic heterocycles. The van der Waals surface area contributed by atoms with E-state index in [2.05, 4.69) is 16.9 Å². The number of nitrogens with one attached hydrogen (secondary N) is 2. The number of benzene rings is 1. The van der Waals surface area contributed by atoms with Crippen LogP contribution in [0.25, 0.3) is 0 Å². The van der Waals surface area contributed by atoms with Crippen molar-refractivity contribution in [3.8, 4) is 0 Å². The van der Waals surface area contributed by atoms with Crippen molar-refractivity contribution in [3.05, 3.63) is 66.5 Å². The highest BCUT2D eigenvalue weighted by Crippen LogP contribution is 2.19. The number of rotatable bonds is 7. The Morgan fingerprint density at radius 1 is 1.32 bits per heavy atom. The molecule has 2 amide bonds. The summed E-state index contributed by atoms with van der Waals surface area (Å²) in [6, 6.07) is 10.7. The third kappa shape index (κ3) is 4.97. The van der Waals surface area contributed by atoms with Crippen molar-refractivity contribution in [3.63, 3.8) is 0 Å². The number of carbonyl (C=O) groups excluding carboxylic acids is 2. The first-order chi connectivity index (χ1) is 12.0. The van der Waals surface area contributed by atoms with Crippen LogP contribution in [-0.2, 0) is 11.3 Å². The highest BCUT2D eigenvalue weighted by atomic mass is 16.5. The van der Waals surface area contributed by atoms with E-state index >= 15 is 0 Å². The molecule has 2 N–H and O–H groups in total. The second kappa shape index (κ2) is 8.73. The number of esters is 1. The molecule has 0 radical (unpaired) electrons. The first-order valence-electron chi connectivity index (χ1n) is 8.10. The van der Waals surface area contributed by atoms with E-state index in [0.717, 1.165) is 5.56 Å². The number of urea groups is 1. The monoisotopic (exact) mass is 341 g/mol. The Hall–Kier alpha value is -3.02. The van der Waals surface area contributed by atoms with Gasteiger partial charge >= 0.3 is 12.0 Å². The third-order valence-electron chi connectivity index (χ3n) is 3.51. The fourth-order valence-electron chi connectivity index (χ4n) is 2.34. The molecule has 132 valence electrons. The topological polar surface area (TPSA) is 74.4 Å². The summed E-state index contributed by atoms with van der Waals surface area (Å²) < 4.78 is 5.29. The fraction of sp³-hybridized carbons (Fsp3) is 0.263. The Morgan fingerprint density at radius 3 is 2.68 bits per heavy atom. The number of aromatic amines is 1. The molecule has 0 saturated carbocycles. The van der Waals surface area contributed by atoms with Gasteiger partial charge in [0.1, 0.15) is 12.3 Å². The number of aromatic nitrogens is 1. The molecule has 6 heteroatoms. The van der Waals surface area contributed by atoms with Crippen molar-refractivity contribution >= 4 is 17.7 Å². The Morgan fingerprint density at radius 2 is 2.04 bits per heavy atom. The van der Waals surface area contributed by atoms with Crippen LogP contribution in [0, 0.1) is 0 Å². The summed E-state index contributed by atoms with van der Waals surface area (Å²) in [5, 5.41) is 2.74. The normalized spacial score (nSPS) is 10.4. The molecule has 0 unspecified atom stereocenters. The van der Waals surface area contributed by atoms with Crippen molar-refractivity contribution in [2.75, 3.05) is 11.4 Å². The van der Waals surface area contributed by atoms with Crippen LogP contribution < -0.4 is 10.2 Å². The van der Waals surface area contributed by atoms with E-state index in [-0.39, 0.29) is 18.7 Å². The molecule has 0 saturated heterocycles. The van der Waals surface area contributed by atoms with Crippen LogP contribution in [0.1, 0.15) is 29.9 Å². The second-order valence-corrected chi connectivity index (χ2v) is 5.77.